The fourth-order valence-electron chi connectivity index (χ4n) is 1.87. The first-order valence-corrected chi connectivity index (χ1v) is 7.37. The van der Waals surface area contributed by atoms with E-state index in [9.17, 15) is 12.8 Å². The van der Waals surface area contributed by atoms with E-state index in [0.717, 1.165) is 6.07 Å². The highest BCUT2D eigenvalue weighted by molar-refractivity contribution is 7.90. The molecule has 19 heavy (non-hydrogen) atoms. The summed E-state index contributed by atoms with van der Waals surface area (Å²) in [6.07, 6.45) is 0. The first kappa shape index (κ1) is 13.5. The maximum atomic E-state index is 13.7. The van der Waals surface area contributed by atoms with Crippen LogP contribution < -0.4 is 5.73 Å². The van der Waals surface area contributed by atoms with Crippen LogP contribution in [0.1, 0.15) is 11.1 Å². The van der Waals surface area contributed by atoms with Crippen molar-refractivity contribution in [2.75, 3.05) is 5.73 Å². The molecule has 5 heteroatoms. The number of hydrogen-bond acceptors (Lipinski definition) is 3. The summed E-state index contributed by atoms with van der Waals surface area (Å²) < 4.78 is 38.2. The lowest BCUT2D eigenvalue weighted by Crippen LogP contribution is -2.08. The molecule has 3 nitrogen and oxygen atoms in total. The van der Waals surface area contributed by atoms with E-state index in [4.69, 9.17) is 5.73 Å². The predicted molar refractivity (Wildman–Crippen MR) is 72.9 cm³/mol. The first-order chi connectivity index (χ1) is 8.90. The summed E-state index contributed by atoms with van der Waals surface area (Å²) in [6, 6.07) is 10.7. The fourth-order valence-corrected chi connectivity index (χ4v) is 3.51. The summed E-state index contributed by atoms with van der Waals surface area (Å²) in [5.41, 5.74) is 6.48. The molecule has 0 unspecified atom stereocenters. The van der Waals surface area contributed by atoms with E-state index in [0.29, 0.717) is 5.56 Å². The molecule has 2 rings (SSSR count). The topological polar surface area (TPSA) is 60.2 Å². The lowest BCUT2D eigenvalue weighted by atomic mass is 10.2. The summed E-state index contributed by atoms with van der Waals surface area (Å²) in [7, 11) is -3.56. The Kier molecular flexibility index (Phi) is 3.57. The third-order valence-corrected chi connectivity index (χ3v) is 4.67. The number of rotatable bonds is 3. The van der Waals surface area contributed by atoms with E-state index in [1.54, 1.807) is 25.1 Å². The Morgan fingerprint density at radius 1 is 1.16 bits per heavy atom. The monoisotopic (exact) mass is 279 g/mol. The first-order valence-electron chi connectivity index (χ1n) is 5.72. The molecule has 0 spiro atoms. The standard InChI is InChI=1S/C14H14FNO2S/c1-10-4-2-3-5-14(10)19(17,18)9-11-6-7-12(16)8-13(11)15/h2-8H,9,16H2,1H3. The minimum atomic E-state index is -3.56. The van der Waals surface area contributed by atoms with Crippen LogP contribution in [0, 0.1) is 12.7 Å². The van der Waals surface area contributed by atoms with Gasteiger partial charge in [-0.25, -0.2) is 12.8 Å². The van der Waals surface area contributed by atoms with Crippen LogP contribution in [0.4, 0.5) is 10.1 Å². The van der Waals surface area contributed by atoms with E-state index in [1.165, 1.54) is 18.2 Å². The summed E-state index contributed by atoms with van der Waals surface area (Å²) in [5, 5.41) is 0. The lowest BCUT2D eigenvalue weighted by molar-refractivity contribution is 0.586. The van der Waals surface area contributed by atoms with Crippen LogP contribution in [0.5, 0.6) is 0 Å². The minimum Gasteiger partial charge on any atom is -0.399 e. The molecule has 0 aromatic heterocycles. The Balaban J connectivity index is 2.40. The Hall–Kier alpha value is -1.88. The molecular weight excluding hydrogens is 265 g/mol. The average Bonchev–Trinajstić information content (AvgIpc) is 2.33. The summed E-state index contributed by atoms with van der Waals surface area (Å²) in [4.78, 5) is 0.228. The molecule has 0 saturated heterocycles. The Morgan fingerprint density at radius 3 is 2.47 bits per heavy atom. The normalized spacial score (nSPS) is 11.5. The lowest BCUT2D eigenvalue weighted by Gasteiger charge is -2.08. The number of benzene rings is 2. The van der Waals surface area contributed by atoms with Crippen LogP contribution >= 0.6 is 0 Å². The molecule has 0 amide bonds. The van der Waals surface area contributed by atoms with Gasteiger partial charge in [-0.05, 0) is 30.7 Å². The SMILES string of the molecule is Cc1ccccc1S(=O)(=O)Cc1ccc(N)cc1F. The summed E-state index contributed by atoms with van der Waals surface area (Å²) in [5.74, 6) is -0.971. The molecule has 0 aliphatic rings. The number of nitrogen functional groups attached to an aromatic ring is 1. The van der Waals surface area contributed by atoms with Crippen molar-refractivity contribution in [3.63, 3.8) is 0 Å². The van der Waals surface area contributed by atoms with E-state index < -0.39 is 15.7 Å². The summed E-state index contributed by atoms with van der Waals surface area (Å²) >= 11 is 0. The quantitative estimate of drug-likeness (QED) is 0.879. The van der Waals surface area contributed by atoms with Gasteiger partial charge in [0.25, 0.3) is 0 Å². The molecule has 0 aliphatic carbocycles. The highest BCUT2D eigenvalue weighted by Gasteiger charge is 2.19. The number of aryl methyl sites for hydroxylation is 1. The van der Waals surface area contributed by atoms with E-state index in [2.05, 4.69) is 0 Å². The maximum absolute atomic E-state index is 13.7. The Bertz CT molecular complexity index is 711. The zero-order chi connectivity index (χ0) is 14.0. The van der Waals surface area contributed by atoms with Crippen LogP contribution in [0.15, 0.2) is 47.4 Å². The highest BCUT2D eigenvalue weighted by Crippen LogP contribution is 2.22. The second kappa shape index (κ2) is 5.01. The molecule has 0 fully saturated rings. The third-order valence-electron chi connectivity index (χ3n) is 2.85. The number of hydrogen-bond donors (Lipinski definition) is 1. The molecular formula is C14H14FNO2S. The average molecular weight is 279 g/mol. The van der Waals surface area contributed by atoms with Crippen LogP contribution in [-0.2, 0) is 15.6 Å². The zero-order valence-electron chi connectivity index (χ0n) is 10.4. The molecule has 0 saturated carbocycles. The molecule has 0 heterocycles. The molecule has 0 atom stereocenters. The third kappa shape index (κ3) is 2.93. The van der Waals surface area contributed by atoms with Gasteiger partial charge in [-0.15, -0.1) is 0 Å². The molecule has 0 aliphatic heterocycles. The predicted octanol–water partition coefficient (Wildman–Crippen LogP) is 2.69. The minimum absolute atomic E-state index is 0.123. The van der Waals surface area contributed by atoms with Gasteiger partial charge in [-0.1, -0.05) is 24.3 Å². The Labute approximate surface area is 111 Å². The highest BCUT2D eigenvalue weighted by atomic mass is 32.2. The van der Waals surface area contributed by atoms with E-state index in [-0.39, 0.29) is 21.9 Å². The van der Waals surface area contributed by atoms with Gasteiger partial charge in [0, 0.05) is 11.3 Å². The van der Waals surface area contributed by atoms with Gasteiger partial charge in [-0.2, -0.15) is 0 Å². The van der Waals surface area contributed by atoms with Gasteiger partial charge >= 0.3 is 0 Å². The van der Waals surface area contributed by atoms with Crippen LogP contribution in [0.2, 0.25) is 0 Å². The number of sulfone groups is 1. The van der Waals surface area contributed by atoms with Crippen molar-refractivity contribution >= 4 is 15.5 Å². The van der Waals surface area contributed by atoms with Crippen molar-refractivity contribution in [2.45, 2.75) is 17.6 Å². The van der Waals surface area contributed by atoms with E-state index >= 15 is 0 Å². The largest absolute Gasteiger partial charge is 0.399 e. The van der Waals surface area contributed by atoms with Crippen LogP contribution in [0.3, 0.4) is 0 Å². The van der Waals surface area contributed by atoms with Crippen LogP contribution in [-0.4, -0.2) is 8.42 Å². The van der Waals surface area contributed by atoms with Crippen LogP contribution in [0.25, 0.3) is 0 Å². The molecule has 0 radical (unpaired) electrons. The molecule has 2 aromatic rings. The number of nitrogens with two attached hydrogens (primary N) is 1. The molecule has 2 N–H and O–H groups in total. The fraction of sp³-hybridized carbons (Fsp3) is 0.143. The van der Waals surface area contributed by atoms with Crippen molar-refractivity contribution in [3.8, 4) is 0 Å². The number of anilines is 1. The van der Waals surface area contributed by atoms with Crippen molar-refractivity contribution in [1.29, 1.82) is 0 Å². The van der Waals surface area contributed by atoms with E-state index in [1.807, 2.05) is 0 Å². The summed E-state index contributed by atoms with van der Waals surface area (Å²) in [6.45, 7) is 1.71. The smallest absolute Gasteiger partial charge is 0.182 e. The molecule has 0 bridgehead atoms. The molecule has 2 aromatic carbocycles. The van der Waals surface area contributed by atoms with Gasteiger partial charge in [0.15, 0.2) is 9.84 Å². The van der Waals surface area contributed by atoms with Gasteiger partial charge in [0.2, 0.25) is 0 Å². The van der Waals surface area contributed by atoms with Crippen molar-refractivity contribution in [1.82, 2.24) is 0 Å². The Morgan fingerprint density at radius 2 is 1.84 bits per heavy atom. The second-order valence-corrected chi connectivity index (χ2v) is 6.33. The number of halogens is 1. The van der Waals surface area contributed by atoms with Crippen molar-refractivity contribution in [2.24, 2.45) is 0 Å². The van der Waals surface area contributed by atoms with Gasteiger partial charge in [-0.3, -0.25) is 0 Å². The maximum Gasteiger partial charge on any atom is 0.182 e. The molecule has 100 valence electrons. The van der Waals surface area contributed by atoms with Gasteiger partial charge in [0.05, 0.1) is 10.6 Å². The van der Waals surface area contributed by atoms with Gasteiger partial charge < -0.3 is 5.73 Å². The second-order valence-electron chi connectivity index (χ2n) is 4.38. The van der Waals surface area contributed by atoms with Crippen molar-refractivity contribution in [3.05, 3.63) is 59.4 Å². The zero-order valence-corrected chi connectivity index (χ0v) is 11.2. The van der Waals surface area contributed by atoms with Gasteiger partial charge in [0.1, 0.15) is 5.82 Å². The van der Waals surface area contributed by atoms with Crippen molar-refractivity contribution < 1.29 is 12.8 Å².